The summed E-state index contributed by atoms with van der Waals surface area (Å²) in [5, 5.41) is 11.5. The molecule has 1 atom stereocenters. The van der Waals surface area contributed by atoms with Crippen LogP contribution in [0, 0.1) is 23.2 Å². The number of aromatic nitrogens is 2. The molecule has 1 N–H and O–H groups in total. The number of rotatable bonds is 6. The maximum atomic E-state index is 12.4. The minimum atomic E-state index is 0.143. The fourth-order valence-corrected chi connectivity index (χ4v) is 7.86. The van der Waals surface area contributed by atoms with E-state index in [2.05, 4.69) is 22.4 Å². The van der Waals surface area contributed by atoms with E-state index in [9.17, 15) is 4.79 Å². The Morgan fingerprint density at radius 1 is 1.21 bits per heavy atom. The summed E-state index contributed by atoms with van der Waals surface area (Å²) in [4.78, 5) is 12.4. The lowest BCUT2D eigenvalue weighted by Gasteiger charge is -2.59. The third kappa shape index (κ3) is 3.36. The van der Waals surface area contributed by atoms with E-state index in [1.54, 1.807) is 23.1 Å². The minimum Gasteiger partial charge on any atom is -0.352 e. The first-order valence-electron chi connectivity index (χ1n) is 8.86. The number of hydrogen-bond acceptors (Lipinski definition) is 6. The second kappa shape index (κ2) is 6.80. The average Bonchev–Trinajstić information content (AvgIpc) is 2.99. The van der Waals surface area contributed by atoms with E-state index in [1.807, 2.05) is 6.26 Å². The zero-order valence-electron chi connectivity index (χ0n) is 14.3. The monoisotopic (exact) mass is 383 g/mol. The highest BCUT2D eigenvalue weighted by Gasteiger charge is 2.53. The molecule has 4 nitrogen and oxygen atoms in total. The first-order valence-corrected chi connectivity index (χ1v) is 11.9. The van der Waals surface area contributed by atoms with Crippen LogP contribution in [0.2, 0.25) is 0 Å². The van der Waals surface area contributed by atoms with Crippen LogP contribution in [0.5, 0.6) is 0 Å². The molecule has 4 bridgehead atoms. The predicted molar refractivity (Wildman–Crippen MR) is 101 cm³/mol. The molecule has 132 valence electrons. The van der Waals surface area contributed by atoms with E-state index in [4.69, 9.17) is 0 Å². The molecule has 0 aliphatic heterocycles. The van der Waals surface area contributed by atoms with Crippen LogP contribution in [0.15, 0.2) is 8.68 Å². The van der Waals surface area contributed by atoms with Crippen LogP contribution in [0.4, 0.5) is 0 Å². The fraction of sp³-hybridized carbons (Fsp3) is 0.824. The highest BCUT2D eigenvalue weighted by molar-refractivity contribution is 8.03. The Bertz CT molecular complexity index is 583. The smallest absolute Gasteiger partial charge is 0.230 e. The number of nitrogens with zero attached hydrogens (tertiary/aromatic N) is 2. The van der Waals surface area contributed by atoms with Gasteiger partial charge in [0.1, 0.15) is 0 Å². The summed E-state index contributed by atoms with van der Waals surface area (Å²) in [7, 11) is 0. The van der Waals surface area contributed by atoms with Gasteiger partial charge in [0.15, 0.2) is 8.68 Å². The lowest BCUT2D eigenvalue weighted by Crippen LogP contribution is -2.56. The van der Waals surface area contributed by atoms with Crippen molar-refractivity contribution in [2.24, 2.45) is 23.2 Å². The standard InChI is InChI=1S/C17H25N3OS3/c1-10(17-6-11-3-12(7-17)5-13(4-11)8-17)18-14(21)9-23-16-20-19-15(22-2)24-16/h10-13H,3-9H2,1-2H3,(H,18,21)/t10-,11?,12?,13?,17?/m0/s1. The molecule has 24 heavy (non-hydrogen) atoms. The normalized spacial score (nSPS) is 35.2. The van der Waals surface area contributed by atoms with E-state index in [-0.39, 0.29) is 5.91 Å². The number of thioether (sulfide) groups is 2. The number of hydrogen-bond donors (Lipinski definition) is 1. The maximum absolute atomic E-state index is 12.4. The van der Waals surface area contributed by atoms with Crippen LogP contribution in [-0.4, -0.2) is 34.2 Å². The molecule has 7 heteroatoms. The molecular formula is C17H25N3OS3. The topological polar surface area (TPSA) is 54.9 Å². The molecule has 4 saturated carbocycles. The van der Waals surface area contributed by atoms with Crippen LogP contribution in [0.3, 0.4) is 0 Å². The Kier molecular flexibility index (Phi) is 4.86. The molecule has 1 heterocycles. The molecule has 0 unspecified atom stereocenters. The summed E-state index contributed by atoms with van der Waals surface area (Å²) in [6.07, 6.45) is 10.3. The van der Waals surface area contributed by atoms with Crippen molar-refractivity contribution in [1.82, 2.24) is 15.5 Å². The van der Waals surface area contributed by atoms with Crippen LogP contribution < -0.4 is 5.32 Å². The maximum Gasteiger partial charge on any atom is 0.230 e. The van der Waals surface area contributed by atoms with E-state index < -0.39 is 0 Å². The lowest BCUT2D eigenvalue weighted by molar-refractivity contribution is -0.123. The Labute approximate surface area is 156 Å². The highest BCUT2D eigenvalue weighted by Crippen LogP contribution is 2.61. The van der Waals surface area contributed by atoms with Crippen LogP contribution in [0.25, 0.3) is 0 Å². The molecule has 4 aliphatic rings. The Balaban J connectivity index is 1.32. The molecule has 1 amide bonds. The molecule has 5 rings (SSSR count). The van der Waals surface area contributed by atoms with Crippen molar-refractivity contribution in [2.75, 3.05) is 12.0 Å². The van der Waals surface area contributed by atoms with Gasteiger partial charge in [0, 0.05) is 6.04 Å². The van der Waals surface area contributed by atoms with Crippen molar-refractivity contribution in [2.45, 2.75) is 60.2 Å². The van der Waals surface area contributed by atoms with Crippen molar-refractivity contribution in [1.29, 1.82) is 0 Å². The predicted octanol–water partition coefficient (Wildman–Crippen LogP) is 4.07. The zero-order valence-corrected chi connectivity index (χ0v) is 16.7. The van der Waals surface area contributed by atoms with Crippen molar-refractivity contribution < 1.29 is 4.79 Å². The summed E-state index contributed by atoms with van der Waals surface area (Å²) < 4.78 is 1.84. The summed E-state index contributed by atoms with van der Waals surface area (Å²) in [5.41, 5.74) is 0.379. The highest BCUT2D eigenvalue weighted by atomic mass is 32.2. The van der Waals surface area contributed by atoms with Gasteiger partial charge in [0.25, 0.3) is 0 Å². The van der Waals surface area contributed by atoms with Crippen molar-refractivity contribution in [3.8, 4) is 0 Å². The SMILES string of the molecule is CSc1nnc(SCC(=O)N[C@@H](C)C23CC4CC(CC(C4)C2)C3)s1. The second-order valence-electron chi connectivity index (χ2n) is 7.90. The van der Waals surface area contributed by atoms with Gasteiger partial charge < -0.3 is 5.32 Å². The fourth-order valence-electron chi connectivity index (χ4n) is 5.61. The summed E-state index contributed by atoms with van der Waals surface area (Å²) in [6.45, 7) is 2.24. The number of nitrogens with one attached hydrogen (secondary N) is 1. The summed E-state index contributed by atoms with van der Waals surface area (Å²) in [6, 6.07) is 0.301. The third-order valence-corrected chi connectivity index (χ3v) is 9.30. The number of carbonyl (C=O) groups excluding carboxylic acids is 1. The molecule has 4 fully saturated rings. The Morgan fingerprint density at radius 3 is 2.33 bits per heavy atom. The van der Waals surface area contributed by atoms with E-state index >= 15 is 0 Å². The van der Waals surface area contributed by atoms with E-state index in [0.717, 1.165) is 26.4 Å². The average molecular weight is 384 g/mol. The third-order valence-electron chi connectivity index (χ3n) is 6.27. The van der Waals surface area contributed by atoms with Gasteiger partial charge in [-0.05, 0) is 74.9 Å². The van der Waals surface area contributed by atoms with Crippen molar-refractivity contribution >= 4 is 40.8 Å². The Morgan fingerprint density at radius 2 is 1.79 bits per heavy atom. The van der Waals surface area contributed by atoms with Crippen LogP contribution in [0.1, 0.15) is 45.4 Å². The van der Waals surface area contributed by atoms with Crippen LogP contribution >= 0.6 is 34.9 Å². The van der Waals surface area contributed by atoms with Gasteiger partial charge in [-0.3, -0.25) is 4.79 Å². The molecule has 0 spiro atoms. The van der Waals surface area contributed by atoms with Gasteiger partial charge in [0.2, 0.25) is 5.91 Å². The number of carbonyl (C=O) groups is 1. The van der Waals surface area contributed by atoms with Gasteiger partial charge in [-0.15, -0.1) is 10.2 Å². The van der Waals surface area contributed by atoms with Gasteiger partial charge in [-0.25, -0.2) is 0 Å². The van der Waals surface area contributed by atoms with Gasteiger partial charge in [-0.1, -0.05) is 34.9 Å². The Hall–Kier alpha value is -0.270. The first-order chi connectivity index (χ1) is 11.6. The van der Waals surface area contributed by atoms with Gasteiger partial charge in [-0.2, -0.15) is 0 Å². The van der Waals surface area contributed by atoms with Gasteiger partial charge in [0.05, 0.1) is 5.75 Å². The first kappa shape index (κ1) is 17.2. The van der Waals surface area contributed by atoms with E-state index in [0.29, 0.717) is 17.2 Å². The molecule has 1 aromatic heterocycles. The van der Waals surface area contributed by atoms with Crippen molar-refractivity contribution in [3.05, 3.63) is 0 Å². The summed E-state index contributed by atoms with van der Waals surface area (Å²) >= 11 is 4.67. The lowest BCUT2D eigenvalue weighted by atomic mass is 9.48. The minimum absolute atomic E-state index is 0.143. The largest absolute Gasteiger partial charge is 0.352 e. The van der Waals surface area contributed by atoms with Crippen molar-refractivity contribution in [3.63, 3.8) is 0 Å². The second-order valence-corrected chi connectivity index (χ2v) is 11.1. The van der Waals surface area contributed by atoms with Gasteiger partial charge >= 0.3 is 0 Å². The summed E-state index contributed by atoms with van der Waals surface area (Å²) in [5.74, 6) is 3.37. The molecule has 1 aromatic rings. The molecule has 0 saturated heterocycles. The molecule has 0 aromatic carbocycles. The van der Waals surface area contributed by atoms with E-state index in [1.165, 1.54) is 50.3 Å². The molecule has 0 radical (unpaired) electrons. The quantitative estimate of drug-likeness (QED) is 0.750. The molecule has 4 aliphatic carbocycles. The molecular weight excluding hydrogens is 358 g/mol. The zero-order chi connectivity index (χ0) is 16.7. The van der Waals surface area contributed by atoms with Crippen LogP contribution in [-0.2, 0) is 4.79 Å². The number of amides is 1.